The number of aromatic hydroxyl groups is 1. The summed E-state index contributed by atoms with van der Waals surface area (Å²) in [5.41, 5.74) is 2.09. The number of thiazole rings is 1. The van der Waals surface area contributed by atoms with Crippen molar-refractivity contribution in [2.75, 3.05) is 16.4 Å². The van der Waals surface area contributed by atoms with E-state index >= 15 is 0 Å². The van der Waals surface area contributed by atoms with Crippen LogP contribution in [-0.4, -0.2) is 37.9 Å². The molecular formula is C22H16N6O3S3. The van der Waals surface area contributed by atoms with E-state index in [2.05, 4.69) is 30.8 Å². The average molecular weight is 509 g/mol. The SMILES string of the molecule is Cc1ccccc1NC(=O)CSc1nnc(Nc2nc(O)c(C3=c4ccccc4=NC3=O)s2)s1. The zero-order valence-corrected chi connectivity index (χ0v) is 20.1. The number of carbonyl (C=O) groups excluding carboxylic acids is 2. The smallest absolute Gasteiger partial charge is 0.279 e. The molecule has 4 aromatic rings. The van der Waals surface area contributed by atoms with Crippen LogP contribution in [0.15, 0.2) is 57.9 Å². The lowest BCUT2D eigenvalue weighted by atomic mass is 10.1. The third-order valence-corrected chi connectivity index (χ3v) is 7.76. The third-order valence-electron chi connectivity index (χ3n) is 4.81. The minimum atomic E-state index is -0.412. The topological polar surface area (TPSA) is 129 Å². The molecule has 0 saturated heterocycles. The molecule has 0 radical (unpaired) electrons. The molecule has 0 spiro atoms. The molecule has 0 saturated carbocycles. The van der Waals surface area contributed by atoms with Gasteiger partial charge in [-0.1, -0.05) is 70.8 Å². The van der Waals surface area contributed by atoms with E-state index in [0.717, 1.165) is 22.6 Å². The van der Waals surface area contributed by atoms with Crippen molar-refractivity contribution in [1.29, 1.82) is 0 Å². The van der Waals surface area contributed by atoms with Crippen LogP contribution in [0.25, 0.3) is 5.57 Å². The number of aromatic nitrogens is 3. The molecule has 1 aliphatic heterocycles. The number of aryl methyl sites for hydroxylation is 1. The van der Waals surface area contributed by atoms with Gasteiger partial charge in [-0.2, -0.15) is 4.98 Å². The first-order valence-corrected chi connectivity index (χ1v) is 12.6. The van der Waals surface area contributed by atoms with Crippen molar-refractivity contribution in [2.45, 2.75) is 11.3 Å². The monoisotopic (exact) mass is 508 g/mol. The molecule has 0 fully saturated rings. The number of anilines is 3. The van der Waals surface area contributed by atoms with Crippen molar-refractivity contribution < 1.29 is 14.7 Å². The molecule has 170 valence electrons. The highest BCUT2D eigenvalue weighted by molar-refractivity contribution is 8.01. The van der Waals surface area contributed by atoms with Crippen LogP contribution < -0.4 is 21.2 Å². The van der Waals surface area contributed by atoms with Gasteiger partial charge in [-0.25, -0.2) is 4.99 Å². The van der Waals surface area contributed by atoms with E-state index in [-0.39, 0.29) is 17.5 Å². The van der Waals surface area contributed by atoms with Crippen LogP contribution in [0.4, 0.5) is 16.0 Å². The van der Waals surface area contributed by atoms with Crippen LogP contribution in [0.3, 0.4) is 0 Å². The van der Waals surface area contributed by atoms with Crippen molar-refractivity contribution in [1.82, 2.24) is 15.2 Å². The van der Waals surface area contributed by atoms with Gasteiger partial charge < -0.3 is 15.7 Å². The Hall–Kier alpha value is -3.61. The molecule has 0 aliphatic carbocycles. The van der Waals surface area contributed by atoms with E-state index < -0.39 is 5.91 Å². The molecule has 1 aliphatic rings. The van der Waals surface area contributed by atoms with Gasteiger partial charge in [-0.3, -0.25) is 9.59 Å². The average Bonchev–Trinajstić information content (AvgIpc) is 3.50. The zero-order chi connectivity index (χ0) is 23.7. The van der Waals surface area contributed by atoms with Gasteiger partial charge in [0.25, 0.3) is 5.91 Å². The van der Waals surface area contributed by atoms with E-state index in [4.69, 9.17) is 0 Å². The predicted molar refractivity (Wildman–Crippen MR) is 132 cm³/mol. The molecular weight excluding hydrogens is 492 g/mol. The van der Waals surface area contributed by atoms with E-state index in [1.54, 1.807) is 18.2 Å². The van der Waals surface area contributed by atoms with Gasteiger partial charge in [0.1, 0.15) is 4.88 Å². The Labute approximate surface area is 205 Å². The van der Waals surface area contributed by atoms with Gasteiger partial charge in [0, 0.05) is 10.9 Å². The molecule has 3 heterocycles. The summed E-state index contributed by atoms with van der Waals surface area (Å²) in [7, 11) is 0. The zero-order valence-electron chi connectivity index (χ0n) is 17.6. The van der Waals surface area contributed by atoms with Crippen LogP contribution in [0.5, 0.6) is 5.88 Å². The summed E-state index contributed by atoms with van der Waals surface area (Å²) >= 11 is 3.66. The van der Waals surface area contributed by atoms with E-state index in [1.807, 2.05) is 37.3 Å². The maximum Gasteiger partial charge on any atom is 0.279 e. The minimum Gasteiger partial charge on any atom is -0.492 e. The van der Waals surface area contributed by atoms with Crippen molar-refractivity contribution >= 4 is 67.8 Å². The highest BCUT2D eigenvalue weighted by atomic mass is 32.2. The quantitative estimate of drug-likeness (QED) is 0.325. The molecule has 2 amide bonds. The standard InChI is InChI=1S/C22H16N6O3S3/c1-11-6-2-4-8-13(11)23-15(29)10-32-22-28-27-21(34-22)26-20-25-19(31)17(33-20)16-12-7-3-5-9-14(12)24-18(16)30/h2-9,31H,10H2,1H3,(H,23,29)(H,25,26,27). The largest absolute Gasteiger partial charge is 0.492 e. The molecule has 3 N–H and O–H groups in total. The molecule has 0 unspecified atom stereocenters. The second-order valence-corrected chi connectivity index (χ2v) is 10.3. The molecule has 12 heteroatoms. The normalized spacial score (nSPS) is 12.4. The number of thioether (sulfide) groups is 1. The fraction of sp³-hybridized carbons (Fsp3) is 0.0909. The summed E-state index contributed by atoms with van der Waals surface area (Å²) in [6.07, 6.45) is 0. The van der Waals surface area contributed by atoms with Gasteiger partial charge in [0.05, 0.1) is 16.7 Å². The van der Waals surface area contributed by atoms with Crippen molar-refractivity contribution in [2.24, 2.45) is 4.99 Å². The number of nitrogens with zero attached hydrogens (tertiary/aromatic N) is 4. The number of carbonyl (C=O) groups is 2. The lowest BCUT2D eigenvalue weighted by molar-refractivity contribution is -0.114. The lowest BCUT2D eigenvalue weighted by Crippen LogP contribution is -2.22. The van der Waals surface area contributed by atoms with E-state index in [9.17, 15) is 14.7 Å². The van der Waals surface area contributed by atoms with E-state index in [0.29, 0.717) is 35.6 Å². The van der Waals surface area contributed by atoms with Crippen LogP contribution in [0.2, 0.25) is 0 Å². The number of hydrogen-bond donors (Lipinski definition) is 3. The molecule has 0 atom stereocenters. The van der Waals surface area contributed by atoms with Crippen molar-refractivity contribution in [3.63, 3.8) is 0 Å². The van der Waals surface area contributed by atoms with Crippen LogP contribution >= 0.6 is 34.4 Å². The fourth-order valence-corrected chi connectivity index (χ4v) is 5.77. The Morgan fingerprint density at radius 3 is 2.71 bits per heavy atom. The van der Waals surface area contributed by atoms with Gasteiger partial charge in [0.2, 0.25) is 16.9 Å². The molecule has 9 nitrogen and oxygen atoms in total. The maximum atomic E-state index is 12.4. The Balaban J connectivity index is 1.25. The first-order chi connectivity index (χ1) is 16.5. The molecule has 2 aromatic carbocycles. The van der Waals surface area contributed by atoms with Gasteiger partial charge in [-0.15, -0.1) is 10.2 Å². The first-order valence-electron chi connectivity index (χ1n) is 9.99. The Morgan fingerprint density at radius 1 is 1.06 bits per heavy atom. The summed E-state index contributed by atoms with van der Waals surface area (Å²) in [5.74, 6) is -0.614. The van der Waals surface area contributed by atoms with Gasteiger partial charge in [-0.05, 0) is 24.6 Å². The summed E-state index contributed by atoms with van der Waals surface area (Å²) in [6, 6.07) is 14.7. The number of rotatable bonds is 7. The van der Waals surface area contributed by atoms with Gasteiger partial charge >= 0.3 is 0 Å². The van der Waals surface area contributed by atoms with Crippen molar-refractivity contribution in [3.05, 3.63) is 69.5 Å². The number of hydrogen-bond acceptors (Lipinski definition) is 10. The Bertz CT molecular complexity index is 1550. The predicted octanol–water partition coefficient (Wildman–Crippen LogP) is 2.84. The van der Waals surface area contributed by atoms with Crippen molar-refractivity contribution in [3.8, 4) is 5.88 Å². The lowest BCUT2D eigenvalue weighted by Gasteiger charge is -2.06. The number of para-hydroxylation sites is 2. The Morgan fingerprint density at radius 2 is 1.85 bits per heavy atom. The number of amides is 2. The minimum absolute atomic E-state index is 0.137. The summed E-state index contributed by atoms with van der Waals surface area (Å²) in [5, 5.41) is 26.5. The van der Waals surface area contributed by atoms with Crippen LogP contribution in [0, 0.1) is 6.92 Å². The summed E-state index contributed by atoms with van der Waals surface area (Å²) < 4.78 is 0.608. The molecule has 2 aromatic heterocycles. The van der Waals surface area contributed by atoms with Crippen LogP contribution in [-0.2, 0) is 9.59 Å². The highest BCUT2D eigenvalue weighted by Crippen LogP contribution is 2.36. The second kappa shape index (κ2) is 9.33. The first kappa shape index (κ1) is 22.2. The summed E-state index contributed by atoms with van der Waals surface area (Å²) in [6.45, 7) is 1.93. The van der Waals surface area contributed by atoms with E-state index in [1.165, 1.54) is 23.1 Å². The number of benzene rings is 2. The fourth-order valence-electron chi connectivity index (χ4n) is 3.25. The third kappa shape index (κ3) is 4.55. The summed E-state index contributed by atoms with van der Waals surface area (Å²) in [4.78, 5) is 33.1. The highest BCUT2D eigenvalue weighted by Gasteiger charge is 2.25. The second-order valence-electron chi connectivity index (χ2n) is 7.13. The molecule has 0 bridgehead atoms. The van der Waals surface area contributed by atoms with Gasteiger partial charge in [0.15, 0.2) is 9.47 Å². The maximum absolute atomic E-state index is 12.4. The number of nitrogens with one attached hydrogen (secondary N) is 2. The molecule has 34 heavy (non-hydrogen) atoms. The van der Waals surface area contributed by atoms with Crippen LogP contribution in [0.1, 0.15) is 10.4 Å². The Kier molecular flexibility index (Phi) is 6.09. The molecule has 5 rings (SSSR count). The number of fused-ring (bicyclic) bond motifs is 1.